The van der Waals surface area contributed by atoms with Gasteiger partial charge in [-0.3, -0.25) is 9.59 Å². The molecule has 0 radical (unpaired) electrons. The molecule has 3 aliphatic rings. The maximum atomic E-state index is 13.6. The van der Waals surface area contributed by atoms with Gasteiger partial charge in [0.1, 0.15) is 16.3 Å². The number of hydrogen-bond acceptors (Lipinski definition) is 7. The number of hydrogen-bond donors (Lipinski definition) is 2. The highest BCUT2D eigenvalue weighted by atomic mass is 32.1. The monoisotopic (exact) mass is 521 g/mol. The predicted octanol–water partition coefficient (Wildman–Crippen LogP) is 4.36. The van der Waals surface area contributed by atoms with Crippen LogP contribution in [-0.2, 0) is 4.79 Å². The van der Waals surface area contributed by atoms with Gasteiger partial charge in [0.05, 0.1) is 11.8 Å². The van der Waals surface area contributed by atoms with E-state index in [2.05, 4.69) is 22.7 Å². The van der Waals surface area contributed by atoms with Gasteiger partial charge in [0.2, 0.25) is 5.91 Å². The summed E-state index contributed by atoms with van der Waals surface area (Å²) in [4.78, 5) is 38.2. The molecule has 10 heteroatoms. The molecular weight excluding hydrogens is 486 g/mol. The molecule has 9 nitrogen and oxygen atoms in total. The van der Waals surface area contributed by atoms with Crippen molar-refractivity contribution in [2.24, 2.45) is 11.8 Å². The van der Waals surface area contributed by atoms with E-state index in [0.717, 1.165) is 36.1 Å². The van der Waals surface area contributed by atoms with Gasteiger partial charge in [-0.2, -0.15) is 5.10 Å². The van der Waals surface area contributed by atoms with E-state index in [1.165, 1.54) is 32.1 Å². The first-order chi connectivity index (χ1) is 18.0. The molecule has 0 aromatic carbocycles. The maximum Gasteiger partial charge on any atom is 0.272 e. The van der Waals surface area contributed by atoms with Crippen LogP contribution >= 0.6 is 11.3 Å². The Morgan fingerprint density at radius 3 is 2.59 bits per heavy atom. The number of likely N-dealkylation sites (tertiary alicyclic amines) is 1. The van der Waals surface area contributed by atoms with Crippen LogP contribution < -0.4 is 10.6 Å². The molecule has 2 N–H and O–H groups in total. The number of nitrogens with one attached hydrogen (secondary N) is 2. The van der Waals surface area contributed by atoms with Crippen molar-refractivity contribution in [1.82, 2.24) is 29.8 Å². The SMILES string of the molecule is C[C@@H](Nc1cc(C(=O)N2CCC(NC(=O)C3CC3)CC2)nc(-c2cnn3ccsc23)n1)C1CCCCC1. The molecule has 3 fully saturated rings. The summed E-state index contributed by atoms with van der Waals surface area (Å²) in [6.45, 7) is 3.44. The van der Waals surface area contributed by atoms with Crippen LogP contribution in [0.1, 0.15) is 75.2 Å². The van der Waals surface area contributed by atoms with Gasteiger partial charge < -0.3 is 15.5 Å². The summed E-state index contributed by atoms with van der Waals surface area (Å²) in [5.74, 6) is 2.12. The lowest BCUT2D eigenvalue weighted by atomic mass is 9.84. The molecule has 3 aromatic rings. The van der Waals surface area contributed by atoms with Crippen molar-refractivity contribution in [3.05, 3.63) is 29.5 Å². The quantitative estimate of drug-likeness (QED) is 0.479. The molecule has 196 valence electrons. The topological polar surface area (TPSA) is 105 Å². The van der Waals surface area contributed by atoms with Crippen molar-refractivity contribution in [2.45, 2.75) is 76.8 Å². The van der Waals surface area contributed by atoms with Crippen LogP contribution in [0.4, 0.5) is 5.82 Å². The second-order valence-electron chi connectivity index (χ2n) is 10.9. The number of aromatic nitrogens is 4. The largest absolute Gasteiger partial charge is 0.367 e. The summed E-state index contributed by atoms with van der Waals surface area (Å²) in [6.07, 6.45) is 13.6. The molecule has 0 unspecified atom stereocenters. The van der Waals surface area contributed by atoms with Crippen LogP contribution in [0.2, 0.25) is 0 Å². The molecule has 6 rings (SSSR count). The smallest absolute Gasteiger partial charge is 0.272 e. The van der Waals surface area contributed by atoms with Gasteiger partial charge in [0, 0.05) is 48.7 Å². The molecule has 1 saturated heterocycles. The normalized spacial score (nSPS) is 20.2. The van der Waals surface area contributed by atoms with Crippen molar-refractivity contribution in [3.63, 3.8) is 0 Å². The van der Waals surface area contributed by atoms with Crippen LogP contribution in [0.3, 0.4) is 0 Å². The highest BCUT2D eigenvalue weighted by molar-refractivity contribution is 7.16. The van der Waals surface area contributed by atoms with E-state index in [4.69, 9.17) is 9.97 Å². The highest BCUT2D eigenvalue weighted by Gasteiger charge is 2.33. The van der Waals surface area contributed by atoms with Gasteiger partial charge in [-0.05, 0) is 51.4 Å². The van der Waals surface area contributed by atoms with Gasteiger partial charge in [-0.1, -0.05) is 19.3 Å². The molecule has 1 aliphatic heterocycles. The highest BCUT2D eigenvalue weighted by Crippen LogP contribution is 2.31. The summed E-state index contributed by atoms with van der Waals surface area (Å²) >= 11 is 1.58. The molecule has 3 aromatic heterocycles. The van der Waals surface area contributed by atoms with E-state index in [1.807, 2.05) is 21.0 Å². The van der Waals surface area contributed by atoms with E-state index >= 15 is 0 Å². The predicted molar refractivity (Wildman–Crippen MR) is 144 cm³/mol. The lowest BCUT2D eigenvalue weighted by molar-refractivity contribution is -0.123. The van der Waals surface area contributed by atoms with E-state index in [1.54, 1.807) is 23.6 Å². The molecule has 2 saturated carbocycles. The minimum Gasteiger partial charge on any atom is -0.367 e. The zero-order chi connectivity index (χ0) is 25.4. The summed E-state index contributed by atoms with van der Waals surface area (Å²) in [6, 6.07) is 2.22. The van der Waals surface area contributed by atoms with Crippen LogP contribution in [0.25, 0.3) is 16.2 Å². The number of rotatable bonds is 7. The number of piperidine rings is 1. The number of fused-ring (bicyclic) bond motifs is 1. The van der Waals surface area contributed by atoms with E-state index in [-0.39, 0.29) is 29.8 Å². The van der Waals surface area contributed by atoms with Crippen molar-refractivity contribution in [3.8, 4) is 11.4 Å². The Labute approximate surface area is 221 Å². The standard InChI is InChI=1S/C27H35N7O2S/c1-17(18-5-3-2-4-6-18)29-23-15-22(31-24(32-23)21-16-28-34-13-14-37-27(21)34)26(36)33-11-9-20(10-12-33)30-25(35)19-7-8-19/h13-20H,2-12H2,1H3,(H,30,35)(H,29,31,32)/t17-/m1/s1. The third-order valence-electron chi connectivity index (χ3n) is 8.13. The Hall–Kier alpha value is -3.01. The Balaban J connectivity index is 1.22. The summed E-state index contributed by atoms with van der Waals surface area (Å²) in [5, 5.41) is 13.2. The number of carbonyl (C=O) groups is 2. The average Bonchev–Trinajstić information content (AvgIpc) is 3.55. The third-order valence-corrected chi connectivity index (χ3v) is 9.01. The Kier molecular flexibility index (Phi) is 6.84. The first-order valence-electron chi connectivity index (χ1n) is 13.7. The van der Waals surface area contributed by atoms with Crippen LogP contribution in [-0.4, -0.2) is 61.5 Å². The fraction of sp³-hybridized carbons (Fsp3) is 0.593. The van der Waals surface area contributed by atoms with Gasteiger partial charge >= 0.3 is 0 Å². The van der Waals surface area contributed by atoms with Gasteiger partial charge in [0.15, 0.2) is 5.82 Å². The third kappa shape index (κ3) is 5.35. The van der Waals surface area contributed by atoms with Crippen molar-refractivity contribution in [1.29, 1.82) is 0 Å². The molecule has 4 heterocycles. The van der Waals surface area contributed by atoms with Crippen LogP contribution in [0.5, 0.6) is 0 Å². The Morgan fingerprint density at radius 2 is 1.84 bits per heavy atom. The second kappa shape index (κ2) is 10.4. The number of thiazole rings is 1. The summed E-state index contributed by atoms with van der Waals surface area (Å²) < 4.78 is 1.82. The van der Waals surface area contributed by atoms with Crippen molar-refractivity contribution >= 4 is 33.8 Å². The van der Waals surface area contributed by atoms with E-state index in [0.29, 0.717) is 36.3 Å². The number of amides is 2. The lowest BCUT2D eigenvalue weighted by Crippen LogP contribution is -2.47. The second-order valence-corrected chi connectivity index (χ2v) is 11.7. The molecule has 0 spiro atoms. The first-order valence-corrected chi connectivity index (χ1v) is 14.6. The molecule has 2 aliphatic carbocycles. The van der Waals surface area contributed by atoms with E-state index in [9.17, 15) is 9.59 Å². The number of carbonyl (C=O) groups excluding carboxylic acids is 2. The van der Waals surface area contributed by atoms with E-state index < -0.39 is 0 Å². The Bertz CT molecular complexity index is 1270. The minimum atomic E-state index is -0.0846. The molecule has 37 heavy (non-hydrogen) atoms. The zero-order valence-electron chi connectivity index (χ0n) is 21.4. The van der Waals surface area contributed by atoms with Crippen LogP contribution in [0.15, 0.2) is 23.8 Å². The van der Waals surface area contributed by atoms with Crippen molar-refractivity contribution in [2.75, 3.05) is 18.4 Å². The first kappa shape index (κ1) is 24.3. The Morgan fingerprint density at radius 1 is 1.05 bits per heavy atom. The van der Waals surface area contributed by atoms with Gasteiger partial charge in [-0.25, -0.2) is 14.5 Å². The summed E-state index contributed by atoms with van der Waals surface area (Å²) in [7, 11) is 0. The zero-order valence-corrected chi connectivity index (χ0v) is 22.2. The number of nitrogens with zero attached hydrogens (tertiary/aromatic N) is 5. The maximum absolute atomic E-state index is 13.6. The summed E-state index contributed by atoms with van der Waals surface area (Å²) in [5.41, 5.74) is 1.24. The average molecular weight is 522 g/mol. The molecule has 1 atom stereocenters. The van der Waals surface area contributed by atoms with Crippen LogP contribution in [0, 0.1) is 11.8 Å². The molecular formula is C27H35N7O2S. The van der Waals surface area contributed by atoms with Gasteiger partial charge in [-0.15, -0.1) is 11.3 Å². The number of anilines is 1. The van der Waals surface area contributed by atoms with Crippen molar-refractivity contribution < 1.29 is 9.59 Å². The molecule has 2 amide bonds. The fourth-order valence-electron chi connectivity index (χ4n) is 5.67. The molecule has 0 bridgehead atoms. The van der Waals surface area contributed by atoms with Gasteiger partial charge in [0.25, 0.3) is 5.91 Å². The fourth-order valence-corrected chi connectivity index (χ4v) is 6.46. The minimum absolute atomic E-state index is 0.0846. The lowest BCUT2D eigenvalue weighted by Gasteiger charge is -2.32.